The molecule has 0 spiro atoms. The van der Waals surface area contributed by atoms with Crippen LogP contribution in [0, 0.1) is 11.3 Å². The Morgan fingerprint density at radius 2 is 2.04 bits per heavy atom. The van der Waals surface area contributed by atoms with E-state index in [1.165, 1.54) is 17.7 Å². The maximum absolute atomic E-state index is 13.0. The number of hydrogen-bond donors (Lipinski definition) is 1. The molecule has 0 aliphatic heterocycles. The van der Waals surface area contributed by atoms with Crippen LogP contribution in [0.1, 0.15) is 11.3 Å². The predicted octanol–water partition coefficient (Wildman–Crippen LogP) is 3.16. The van der Waals surface area contributed by atoms with E-state index in [4.69, 9.17) is 10.00 Å². The van der Waals surface area contributed by atoms with Gasteiger partial charge in [-0.2, -0.15) is 28.7 Å². The first-order valence-corrected chi connectivity index (χ1v) is 6.68. The van der Waals surface area contributed by atoms with Crippen molar-refractivity contribution >= 4 is 0 Å². The molecular weight excluding hydrogens is 323 g/mol. The molecule has 1 N–H and O–H groups in total. The summed E-state index contributed by atoms with van der Waals surface area (Å²) < 4.78 is 45.4. The monoisotopic (exact) mass is 333 g/mol. The lowest BCUT2D eigenvalue weighted by molar-refractivity contribution is -0.137. The van der Waals surface area contributed by atoms with Gasteiger partial charge in [-0.1, -0.05) is 0 Å². The highest BCUT2D eigenvalue weighted by atomic mass is 19.4. The van der Waals surface area contributed by atoms with Crippen LogP contribution >= 0.6 is 0 Å². The van der Waals surface area contributed by atoms with Gasteiger partial charge < -0.3 is 9.30 Å². The van der Waals surface area contributed by atoms with Crippen LogP contribution in [0.4, 0.5) is 13.2 Å². The molecule has 122 valence electrons. The van der Waals surface area contributed by atoms with Gasteiger partial charge in [0, 0.05) is 29.7 Å². The Balaban J connectivity index is 2.06. The van der Waals surface area contributed by atoms with Crippen molar-refractivity contribution in [1.29, 1.82) is 5.26 Å². The fraction of sp³-hybridized carbons (Fsp3) is 0.133. The lowest BCUT2D eigenvalue weighted by atomic mass is 10.1. The summed E-state index contributed by atoms with van der Waals surface area (Å²) in [5.74, 6) is 0.0919. The Hall–Kier alpha value is -3.28. The van der Waals surface area contributed by atoms with E-state index in [-0.39, 0.29) is 17.1 Å². The normalized spacial score (nSPS) is 11.3. The summed E-state index contributed by atoms with van der Waals surface area (Å²) in [7, 11) is 1.30. The van der Waals surface area contributed by atoms with Crippen LogP contribution in [0.5, 0.6) is 5.75 Å². The third kappa shape index (κ3) is 2.81. The van der Waals surface area contributed by atoms with Gasteiger partial charge in [0.05, 0.1) is 12.7 Å². The molecule has 0 unspecified atom stereocenters. The van der Waals surface area contributed by atoms with Gasteiger partial charge in [-0.25, -0.2) is 0 Å². The minimum absolute atomic E-state index is 0.0919. The van der Waals surface area contributed by atoms with Crippen molar-refractivity contribution in [2.75, 3.05) is 7.11 Å². The number of aromatic amines is 1. The number of nitriles is 1. The van der Waals surface area contributed by atoms with Gasteiger partial charge in [-0.05, 0) is 18.2 Å². The van der Waals surface area contributed by atoms with Crippen LogP contribution in [-0.4, -0.2) is 27.1 Å². The topological polar surface area (TPSA) is 79.5 Å². The summed E-state index contributed by atoms with van der Waals surface area (Å²) >= 11 is 0. The largest absolute Gasteiger partial charge is 0.497 e. The van der Waals surface area contributed by atoms with E-state index in [0.717, 1.165) is 12.1 Å². The smallest absolute Gasteiger partial charge is 0.416 e. The zero-order chi connectivity index (χ0) is 17.3. The van der Waals surface area contributed by atoms with Crippen molar-refractivity contribution in [3.05, 3.63) is 47.9 Å². The number of hydrogen-bond acceptors (Lipinski definition) is 4. The number of H-pyrrole nitrogens is 1. The Morgan fingerprint density at radius 3 is 2.71 bits per heavy atom. The molecular formula is C15H10F3N5O. The number of halogens is 3. The van der Waals surface area contributed by atoms with Crippen molar-refractivity contribution in [3.63, 3.8) is 0 Å². The first-order chi connectivity index (χ1) is 11.4. The van der Waals surface area contributed by atoms with Crippen LogP contribution in [0.2, 0.25) is 0 Å². The molecule has 0 amide bonds. The first-order valence-electron chi connectivity index (χ1n) is 6.68. The lowest BCUT2D eigenvalue weighted by Crippen LogP contribution is -2.06. The zero-order valence-corrected chi connectivity index (χ0v) is 12.3. The lowest BCUT2D eigenvalue weighted by Gasteiger charge is -2.12. The molecule has 3 aromatic rings. The zero-order valence-electron chi connectivity index (χ0n) is 12.3. The molecule has 2 aromatic heterocycles. The molecule has 9 heteroatoms. The molecule has 3 rings (SSSR count). The second kappa shape index (κ2) is 5.73. The number of rotatable bonds is 3. The predicted molar refractivity (Wildman–Crippen MR) is 77.4 cm³/mol. The third-order valence-electron chi connectivity index (χ3n) is 3.37. The average Bonchev–Trinajstić information content (AvgIpc) is 3.21. The van der Waals surface area contributed by atoms with Crippen molar-refractivity contribution in [2.45, 2.75) is 6.18 Å². The maximum atomic E-state index is 13.0. The minimum Gasteiger partial charge on any atom is -0.497 e. The SMILES string of the molecule is COc1cc(-n2ccc(-c3n[nH]nc3C#N)c2)cc(C(F)(F)F)c1. The van der Waals surface area contributed by atoms with Crippen LogP contribution in [0.15, 0.2) is 36.7 Å². The first kappa shape index (κ1) is 15.6. The molecule has 0 saturated heterocycles. The number of nitrogens with zero attached hydrogens (tertiary/aromatic N) is 4. The standard InChI is InChI=1S/C15H10F3N5O/c1-24-12-5-10(15(16,17)18)4-11(6-12)23-3-2-9(8-23)14-13(7-19)20-22-21-14/h2-6,8H,1H3,(H,20,21,22). The van der Waals surface area contributed by atoms with Gasteiger partial charge in [0.15, 0.2) is 5.69 Å². The molecule has 6 nitrogen and oxygen atoms in total. The number of aromatic nitrogens is 4. The van der Waals surface area contributed by atoms with Crippen molar-refractivity contribution in [1.82, 2.24) is 20.0 Å². The summed E-state index contributed by atoms with van der Waals surface area (Å²) in [4.78, 5) is 0. The third-order valence-corrected chi connectivity index (χ3v) is 3.37. The van der Waals surface area contributed by atoms with Crippen molar-refractivity contribution in [2.24, 2.45) is 0 Å². The highest BCUT2D eigenvalue weighted by Gasteiger charge is 2.31. The van der Waals surface area contributed by atoms with Gasteiger partial charge in [0.25, 0.3) is 0 Å². The molecule has 1 aromatic carbocycles. The summed E-state index contributed by atoms with van der Waals surface area (Å²) in [5, 5.41) is 18.9. The summed E-state index contributed by atoms with van der Waals surface area (Å²) in [6.45, 7) is 0. The molecule has 0 saturated carbocycles. The molecule has 0 aliphatic carbocycles. The molecule has 2 heterocycles. The summed E-state index contributed by atoms with van der Waals surface area (Å²) in [6.07, 6.45) is -1.35. The van der Waals surface area contributed by atoms with Gasteiger partial charge >= 0.3 is 6.18 Å². The van der Waals surface area contributed by atoms with E-state index in [1.807, 2.05) is 6.07 Å². The van der Waals surface area contributed by atoms with Gasteiger partial charge in [-0.15, -0.1) is 5.10 Å². The highest BCUT2D eigenvalue weighted by molar-refractivity contribution is 5.64. The average molecular weight is 333 g/mol. The molecule has 24 heavy (non-hydrogen) atoms. The molecule has 0 fully saturated rings. The highest BCUT2D eigenvalue weighted by Crippen LogP contribution is 2.34. The fourth-order valence-electron chi connectivity index (χ4n) is 2.22. The minimum atomic E-state index is -4.49. The number of ether oxygens (including phenoxy) is 1. The van der Waals surface area contributed by atoms with Crippen molar-refractivity contribution < 1.29 is 17.9 Å². The maximum Gasteiger partial charge on any atom is 0.416 e. The summed E-state index contributed by atoms with van der Waals surface area (Å²) in [6, 6.07) is 6.94. The number of alkyl halides is 3. The van der Waals surface area contributed by atoms with Crippen LogP contribution in [-0.2, 0) is 6.18 Å². The van der Waals surface area contributed by atoms with Crippen molar-refractivity contribution in [3.8, 4) is 28.8 Å². The van der Waals surface area contributed by atoms with Crippen LogP contribution in [0.25, 0.3) is 16.9 Å². The number of nitrogens with one attached hydrogen (secondary N) is 1. The van der Waals surface area contributed by atoms with Gasteiger partial charge in [0.2, 0.25) is 0 Å². The molecule has 0 bridgehead atoms. The Morgan fingerprint density at radius 1 is 1.25 bits per heavy atom. The Labute approximate surface area is 134 Å². The van der Waals surface area contributed by atoms with Crippen LogP contribution in [0.3, 0.4) is 0 Å². The van der Waals surface area contributed by atoms with Gasteiger partial charge in [-0.3, -0.25) is 0 Å². The van der Waals surface area contributed by atoms with E-state index >= 15 is 0 Å². The molecule has 0 atom stereocenters. The van der Waals surface area contributed by atoms with E-state index in [1.54, 1.807) is 18.5 Å². The number of methoxy groups -OCH3 is 1. The Bertz CT molecular complexity index is 920. The second-order valence-corrected chi connectivity index (χ2v) is 4.86. The van der Waals surface area contributed by atoms with Gasteiger partial charge in [0.1, 0.15) is 17.5 Å². The molecule has 0 aliphatic rings. The quantitative estimate of drug-likeness (QED) is 0.798. The number of benzene rings is 1. The summed E-state index contributed by atoms with van der Waals surface area (Å²) in [5.41, 5.74) is 0.447. The van der Waals surface area contributed by atoms with E-state index in [0.29, 0.717) is 11.3 Å². The van der Waals surface area contributed by atoms with E-state index < -0.39 is 11.7 Å². The van der Waals surface area contributed by atoms with Crippen LogP contribution < -0.4 is 4.74 Å². The molecule has 0 radical (unpaired) electrons. The Kier molecular flexibility index (Phi) is 3.73. The van der Waals surface area contributed by atoms with E-state index in [2.05, 4.69) is 15.4 Å². The fourth-order valence-corrected chi connectivity index (χ4v) is 2.22. The second-order valence-electron chi connectivity index (χ2n) is 4.86. The van der Waals surface area contributed by atoms with E-state index in [9.17, 15) is 13.2 Å².